The molecule has 2 aromatic carbocycles. The van der Waals surface area contributed by atoms with E-state index in [1.165, 1.54) is 34.2 Å². The van der Waals surface area contributed by atoms with Gasteiger partial charge in [0.25, 0.3) is 5.56 Å². The Morgan fingerprint density at radius 3 is 2.87 bits per heavy atom. The van der Waals surface area contributed by atoms with Gasteiger partial charge in [-0.15, -0.1) is 11.3 Å². The van der Waals surface area contributed by atoms with E-state index in [0.29, 0.717) is 15.4 Å². The van der Waals surface area contributed by atoms with Gasteiger partial charge in [-0.25, -0.2) is 4.98 Å². The summed E-state index contributed by atoms with van der Waals surface area (Å²) in [6, 6.07) is 17.9. The summed E-state index contributed by atoms with van der Waals surface area (Å²) in [7, 11) is 0. The van der Waals surface area contributed by atoms with Gasteiger partial charge in [-0.3, -0.25) is 14.2 Å². The number of carbonyl (C=O) groups excluding carboxylic acids is 1. The standard InChI is InChI=1S/C24H21N3O2S2/c1-15-6-2-5-9-20(15)27-23(29)22-19(12-13-30-22)26-24(27)31-14-21(28)25-18-11-10-16-7-3-4-8-17(16)18/h2-9,12-13,18H,10-11,14H2,1H3,(H,25,28)/t18-/m1/s1. The van der Waals surface area contributed by atoms with E-state index in [-0.39, 0.29) is 23.3 Å². The van der Waals surface area contributed by atoms with Crippen LogP contribution in [0.2, 0.25) is 0 Å². The predicted molar refractivity (Wildman–Crippen MR) is 126 cm³/mol. The highest BCUT2D eigenvalue weighted by molar-refractivity contribution is 7.99. The molecule has 0 aliphatic heterocycles. The molecule has 1 N–H and O–H groups in total. The normalized spacial score (nSPS) is 15.2. The quantitative estimate of drug-likeness (QED) is 0.357. The Morgan fingerprint density at radius 2 is 2.00 bits per heavy atom. The Bertz CT molecular complexity index is 1340. The molecule has 0 spiro atoms. The fraction of sp³-hybridized carbons (Fsp3) is 0.208. The Kier molecular flexibility index (Phi) is 5.38. The fourth-order valence-corrected chi connectivity index (χ4v) is 5.67. The van der Waals surface area contributed by atoms with Crippen LogP contribution in [0.1, 0.15) is 29.2 Å². The first kappa shape index (κ1) is 20.0. The summed E-state index contributed by atoms with van der Waals surface area (Å²) >= 11 is 2.69. The zero-order valence-corrected chi connectivity index (χ0v) is 18.6. The average Bonchev–Trinajstić information content (AvgIpc) is 3.41. The third-order valence-corrected chi connectivity index (χ3v) is 7.44. The Morgan fingerprint density at radius 1 is 1.19 bits per heavy atom. The van der Waals surface area contributed by atoms with E-state index in [1.807, 2.05) is 54.8 Å². The largest absolute Gasteiger partial charge is 0.349 e. The lowest BCUT2D eigenvalue weighted by atomic mass is 10.1. The summed E-state index contributed by atoms with van der Waals surface area (Å²) in [6.07, 6.45) is 1.90. The van der Waals surface area contributed by atoms with E-state index in [1.54, 1.807) is 4.57 Å². The van der Waals surface area contributed by atoms with Gasteiger partial charge in [-0.2, -0.15) is 0 Å². The molecule has 1 amide bonds. The summed E-state index contributed by atoms with van der Waals surface area (Å²) in [6.45, 7) is 1.97. The molecule has 1 aliphatic rings. The average molecular weight is 448 g/mol. The summed E-state index contributed by atoms with van der Waals surface area (Å²) in [5.74, 6) is 0.148. The number of hydrogen-bond acceptors (Lipinski definition) is 5. The monoisotopic (exact) mass is 447 g/mol. The number of thioether (sulfide) groups is 1. The second kappa shape index (κ2) is 8.32. The molecule has 5 rings (SSSR count). The SMILES string of the molecule is Cc1ccccc1-n1c(SCC(=O)N[C@@H]2CCc3ccccc32)nc2ccsc2c1=O. The maximum Gasteiger partial charge on any atom is 0.276 e. The number of rotatable bonds is 5. The topological polar surface area (TPSA) is 64.0 Å². The van der Waals surface area contributed by atoms with Gasteiger partial charge in [-0.1, -0.05) is 54.2 Å². The number of aryl methyl sites for hydroxylation is 2. The van der Waals surface area contributed by atoms with Crippen molar-refractivity contribution in [2.24, 2.45) is 0 Å². The van der Waals surface area contributed by atoms with Crippen LogP contribution >= 0.6 is 23.1 Å². The molecule has 0 fully saturated rings. The molecule has 31 heavy (non-hydrogen) atoms. The molecule has 0 saturated heterocycles. The highest BCUT2D eigenvalue weighted by atomic mass is 32.2. The molecule has 2 heterocycles. The smallest absolute Gasteiger partial charge is 0.276 e. The van der Waals surface area contributed by atoms with Gasteiger partial charge in [-0.05, 0) is 54.0 Å². The van der Waals surface area contributed by atoms with E-state index in [0.717, 1.165) is 24.1 Å². The Hall–Kier alpha value is -2.90. The molecule has 156 valence electrons. The van der Waals surface area contributed by atoms with E-state index in [2.05, 4.69) is 17.4 Å². The van der Waals surface area contributed by atoms with E-state index >= 15 is 0 Å². The highest BCUT2D eigenvalue weighted by Crippen LogP contribution is 2.31. The molecule has 0 saturated carbocycles. The maximum absolute atomic E-state index is 13.2. The molecule has 0 bridgehead atoms. The first-order valence-corrected chi connectivity index (χ1v) is 12.0. The summed E-state index contributed by atoms with van der Waals surface area (Å²) in [4.78, 5) is 30.7. The molecular formula is C24H21N3O2S2. The van der Waals surface area contributed by atoms with E-state index < -0.39 is 0 Å². The number of nitrogens with zero attached hydrogens (tertiary/aromatic N) is 2. The predicted octanol–water partition coefficient (Wildman–Crippen LogP) is 4.65. The summed E-state index contributed by atoms with van der Waals surface area (Å²) in [5.41, 5.74) is 4.86. The number of hydrogen-bond donors (Lipinski definition) is 1. The molecule has 2 aromatic heterocycles. The third-order valence-electron chi connectivity index (χ3n) is 5.61. The molecule has 4 aromatic rings. The van der Waals surface area contributed by atoms with Crippen LogP contribution in [0.4, 0.5) is 0 Å². The minimum atomic E-state index is -0.0954. The van der Waals surface area contributed by atoms with Crippen molar-refractivity contribution in [1.29, 1.82) is 0 Å². The van der Waals surface area contributed by atoms with Crippen molar-refractivity contribution in [3.8, 4) is 5.69 Å². The minimum absolute atomic E-state index is 0.0511. The van der Waals surface area contributed by atoms with Crippen LogP contribution in [-0.4, -0.2) is 21.2 Å². The van der Waals surface area contributed by atoms with Crippen LogP contribution in [0.5, 0.6) is 0 Å². The molecule has 7 heteroatoms. The number of nitrogens with one attached hydrogen (secondary N) is 1. The van der Waals surface area contributed by atoms with Crippen LogP contribution in [-0.2, 0) is 11.2 Å². The van der Waals surface area contributed by atoms with Gasteiger partial charge in [0.05, 0.1) is 23.0 Å². The van der Waals surface area contributed by atoms with Crippen molar-refractivity contribution >= 4 is 39.2 Å². The molecule has 1 atom stereocenters. The number of benzene rings is 2. The molecule has 1 aliphatic carbocycles. The number of carbonyl (C=O) groups is 1. The van der Waals surface area contributed by atoms with Crippen LogP contribution in [0, 0.1) is 6.92 Å². The van der Waals surface area contributed by atoms with Gasteiger partial charge in [0.1, 0.15) is 4.70 Å². The van der Waals surface area contributed by atoms with Crippen molar-refractivity contribution in [1.82, 2.24) is 14.9 Å². The van der Waals surface area contributed by atoms with Gasteiger partial charge in [0, 0.05) is 0 Å². The maximum atomic E-state index is 13.2. The lowest BCUT2D eigenvalue weighted by Gasteiger charge is -2.16. The molecule has 0 unspecified atom stereocenters. The second-order valence-electron chi connectivity index (χ2n) is 7.60. The number of fused-ring (bicyclic) bond motifs is 2. The van der Waals surface area contributed by atoms with Crippen molar-refractivity contribution in [3.05, 3.63) is 87.0 Å². The van der Waals surface area contributed by atoms with Gasteiger partial charge in [0.15, 0.2) is 5.16 Å². The Labute approximate surface area is 188 Å². The molecular weight excluding hydrogens is 426 g/mol. The zero-order valence-electron chi connectivity index (χ0n) is 17.0. The summed E-state index contributed by atoms with van der Waals surface area (Å²) in [5, 5.41) is 5.56. The Balaban J connectivity index is 1.42. The summed E-state index contributed by atoms with van der Waals surface area (Å²) < 4.78 is 2.26. The molecule has 5 nitrogen and oxygen atoms in total. The lowest BCUT2D eigenvalue weighted by Crippen LogP contribution is -2.29. The third kappa shape index (κ3) is 3.79. The van der Waals surface area contributed by atoms with Crippen molar-refractivity contribution < 1.29 is 4.79 Å². The van der Waals surface area contributed by atoms with Crippen molar-refractivity contribution in [3.63, 3.8) is 0 Å². The number of amides is 1. The second-order valence-corrected chi connectivity index (χ2v) is 9.46. The lowest BCUT2D eigenvalue weighted by molar-refractivity contribution is -0.119. The van der Waals surface area contributed by atoms with Gasteiger partial charge < -0.3 is 5.32 Å². The minimum Gasteiger partial charge on any atom is -0.349 e. The van der Waals surface area contributed by atoms with Crippen LogP contribution in [0.15, 0.2) is 69.9 Å². The van der Waals surface area contributed by atoms with Crippen molar-refractivity contribution in [2.45, 2.75) is 31.0 Å². The van der Waals surface area contributed by atoms with Crippen LogP contribution < -0.4 is 10.9 Å². The van der Waals surface area contributed by atoms with Crippen molar-refractivity contribution in [2.75, 3.05) is 5.75 Å². The number of aromatic nitrogens is 2. The van der Waals surface area contributed by atoms with E-state index in [9.17, 15) is 9.59 Å². The van der Waals surface area contributed by atoms with Gasteiger partial charge in [0.2, 0.25) is 5.91 Å². The highest BCUT2D eigenvalue weighted by Gasteiger charge is 2.24. The number of thiophene rings is 1. The first-order chi connectivity index (χ1) is 15.1. The van der Waals surface area contributed by atoms with Crippen LogP contribution in [0.25, 0.3) is 15.9 Å². The first-order valence-electron chi connectivity index (χ1n) is 10.2. The zero-order chi connectivity index (χ0) is 21.4. The number of para-hydroxylation sites is 1. The van der Waals surface area contributed by atoms with Gasteiger partial charge >= 0.3 is 0 Å². The van der Waals surface area contributed by atoms with Crippen LogP contribution in [0.3, 0.4) is 0 Å². The van der Waals surface area contributed by atoms with E-state index in [4.69, 9.17) is 4.98 Å². The fourth-order valence-electron chi connectivity index (χ4n) is 4.09. The molecule has 0 radical (unpaired) electrons.